The maximum absolute atomic E-state index is 6.32. The van der Waals surface area contributed by atoms with Crippen LogP contribution in [0.15, 0.2) is 12.3 Å². The van der Waals surface area contributed by atoms with Crippen LogP contribution in [-0.4, -0.2) is 25.3 Å². The fourth-order valence-corrected chi connectivity index (χ4v) is 2.08. The molecule has 0 aliphatic rings. The summed E-state index contributed by atoms with van der Waals surface area (Å²) in [5.74, 6) is 2.10. The monoisotopic (exact) mass is 293 g/mol. The Bertz CT molecular complexity index is 613. The summed E-state index contributed by atoms with van der Waals surface area (Å²) in [5.41, 5.74) is 1.10. The van der Waals surface area contributed by atoms with Gasteiger partial charge < -0.3 is 5.32 Å². The Morgan fingerprint density at radius 3 is 2.50 bits per heavy atom. The van der Waals surface area contributed by atoms with E-state index in [1.165, 1.54) is 0 Å². The fourth-order valence-electron chi connectivity index (χ4n) is 1.81. The molecule has 0 fully saturated rings. The van der Waals surface area contributed by atoms with Crippen molar-refractivity contribution in [2.75, 3.05) is 0 Å². The van der Waals surface area contributed by atoms with E-state index in [0.717, 1.165) is 17.9 Å². The molecule has 0 unspecified atom stereocenters. The highest BCUT2D eigenvalue weighted by Gasteiger charge is 2.13. The quantitative estimate of drug-likeness (QED) is 0.945. The van der Waals surface area contributed by atoms with Crippen molar-refractivity contribution in [2.24, 2.45) is 0 Å². The van der Waals surface area contributed by atoms with Crippen molar-refractivity contribution in [3.05, 3.63) is 34.5 Å². The average molecular weight is 294 g/mol. The van der Waals surface area contributed by atoms with Gasteiger partial charge in [0.2, 0.25) is 0 Å². The zero-order chi connectivity index (χ0) is 14.9. The molecule has 0 amide bonds. The normalized spacial score (nSPS) is 11.9. The van der Waals surface area contributed by atoms with Crippen molar-refractivity contribution in [1.29, 1.82) is 0 Å². The first-order chi connectivity index (χ1) is 9.26. The zero-order valence-electron chi connectivity index (χ0n) is 12.5. The van der Waals surface area contributed by atoms with Crippen LogP contribution in [-0.2, 0) is 6.54 Å². The predicted octanol–water partition coefficient (Wildman–Crippen LogP) is 2.82. The van der Waals surface area contributed by atoms with Crippen molar-refractivity contribution in [1.82, 2.24) is 25.1 Å². The van der Waals surface area contributed by atoms with Gasteiger partial charge in [-0.25, -0.2) is 9.97 Å². The highest BCUT2D eigenvalue weighted by molar-refractivity contribution is 6.32. The summed E-state index contributed by atoms with van der Waals surface area (Å²) in [6.45, 7) is 10.8. The highest BCUT2D eigenvalue weighted by Crippen LogP contribution is 2.20. The van der Waals surface area contributed by atoms with Gasteiger partial charge in [0.05, 0.1) is 5.02 Å². The van der Waals surface area contributed by atoms with Crippen LogP contribution < -0.4 is 5.32 Å². The number of halogens is 1. The Kier molecular flexibility index (Phi) is 4.11. The Morgan fingerprint density at radius 1 is 1.30 bits per heavy atom. The molecule has 2 rings (SSSR count). The lowest BCUT2D eigenvalue weighted by Crippen LogP contribution is -2.35. The van der Waals surface area contributed by atoms with Gasteiger partial charge in [-0.3, -0.25) is 0 Å². The van der Waals surface area contributed by atoms with E-state index in [1.807, 2.05) is 26.1 Å². The molecule has 2 heterocycles. The number of pyridine rings is 1. The maximum atomic E-state index is 6.32. The standard InChI is InChI=1S/C14H20ClN5/c1-9-18-10(2)20(19-9)13-12(15)6-11(7-16-13)8-17-14(3,4)5/h6-7,17H,8H2,1-5H3. The van der Waals surface area contributed by atoms with Crippen LogP contribution in [0.3, 0.4) is 0 Å². The summed E-state index contributed by atoms with van der Waals surface area (Å²) in [4.78, 5) is 8.67. The van der Waals surface area contributed by atoms with Crippen molar-refractivity contribution < 1.29 is 0 Å². The molecule has 2 aromatic heterocycles. The van der Waals surface area contributed by atoms with Gasteiger partial charge in [0.25, 0.3) is 0 Å². The first-order valence-corrected chi connectivity index (χ1v) is 6.94. The highest BCUT2D eigenvalue weighted by atomic mass is 35.5. The largest absolute Gasteiger partial charge is 0.308 e. The van der Waals surface area contributed by atoms with Crippen LogP contribution in [0.1, 0.15) is 38.0 Å². The molecule has 0 saturated heterocycles. The summed E-state index contributed by atoms with van der Waals surface area (Å²) in [6.07, 6.45) is 1.82. The molecule has 0 atom stereocenters. The van der Waals surface area contributed by atoms with E-state index in [1.54, 1.807) is 4.68 Å². The van der Waals surface area contributed by atoms with E-state index < -0.39 is 0 Å². The minimum atomic E-state index is 0.0603. The van der Waals surface area contributed by atoms with E-state index in [9.17, 15) is 0 Å². The molecule has 1 N–H and O–H groups in total. The minimum Gasteiger partial charge on any atom is -0.308 e. The SMILES string of the molecule is Cc1nc(C)n(-c2ncc(CNC(C)(C)C)cc2Cl)n1. The van der Waals surface area contributed by atoms with Gasteiger partial charge in [-0.2, -0.15) is 4.68 Å². The molecule has 0 aromatic carbocycles. The number of nitrogens with zero attached hydrogens (tertiary/aromatic N) is 4. The molecule has 108 valence electrons. The summed E-state index contributed by atoms with van der Waals surface area (Å²) in [6, 6.07) is 1.92. The third-order valence-electron chi connectivity index (χ3n) is 2.78. The van der Waals surface area contributed by atoms with E-state index in [4.69, 9.17) is 11.6 Å². The van der Waals surface area contributed by atoms with Crippen LogP contribution in [0.5, 0.6) is 0 Å². The molecule has 2 aromatic rings. The number of nitrogens with one attached hydrogen (secondary N) is 1. The summed E-state index contributed by atoms with van der Waals surface area (Å²) in [5, 5.41) is 8.28. The second kappa shape index (κ2) is 5.50. The third kappa shape index (κ3) is 3.55. The van der Waals surface area contributed by atoms with Gasteiger partial charge in [-0.15, -0.1) is 5.10 Å². The van der Waals surface area contributed by atoms with Gasteiger partial charge in [0.15, 0.2) is 5.82 Å². The Morgan fingerprint density at radius 2 is 2.00 bits per heavy atom. The summed E-state index contributed by atoms with van der Waals surface area (Å²) in [7, 11) is 0. The molecular weight excluding hydrogens is 274 g/mol. The lowest BCUT2D eigenvalue weighted by atomic mass is 10.1. The van der Waals surface area contributed by atoms with Crippen LogP contribution in [0.25, 0.3) is 5.82 Å². The van der Waals surface area contributed by atoms with Crippen molar-refractivity contribution in [3.63, 3.8) is 0 Å². The Balaban J connectivity index is 2.24. The van der Waals surface area contributed by atoms with Gasteiger partial charge >= 0.3 is 0 Å². The molecule has 0 saturated carbocycles. The number of rotatable bonds is 3. The first kappa shape index (κ1) is 14.9. The van der Waals surface area contributed by atoms with E-state index in [0.29, 0.717) is 16.7 Å². The Hall–Kier alpha value is -1.46. The topological polar surface area (TPSA) is 55.6 Å². The molecule has 0 aliphatic heterocycles. The van der Waals surface area contributed by atoms with Gasteiger partial charge in [-0.05, 0) is 46.2 Å². The first-order valence-electron chi connectivity index (χ1n) is 6.56. The maximum Gasteiger partial charge on any atom is 0.174 e. The average Bonchev–Trinajstić information content (AvgIpc) is 2.65. The van der Waals surface area contributed by atoms with Gasteiger partial charge in [0.1, 0.15) is 11.6 Å². The lowest BCUT2D eigenvalue weighted by molar-refractivity contribution is 0.424. The smallest absolute Gasteiger partial charge is 0.174 e. The molecular formula is C14H20ClN5. The lowest BCUT2D eigenvalue weighted by Gasteiger charge is -2.20. The van der Waals surface area contributed by atoms with E-state index in [2.05, 4.69) is 41.2 Å². The van der Waals surface area contributed by atoms with Crippen molar-refractivity contribution in [2.45, 2.75) is 46.7 Å². The zero-order valence-corrected chi connectivity index (χ0v) is 13.3. The molecule has 20 heavy (non-hydrogen) atoms. The van der Waals surface area contributed by atoms with Crippen LogP contribution in [0.4, 0.5) is 0 Å². The second-order valence-electron chi connectivity index (χ2n) is 5.87. The van der Waals surface area contributed by atoms with Crippen LogP contribution in [0.2, 0.25) is 5.02 Å². The summed E-state index contributed by atoms with van der Waals surface area (Å²) >= 11 is 6.32. The molecule has 6 heteroatoms. The van der Waals surface area contributed by atoms with Crippen LogP contribution >= 0.6 is 11.6 Å². The van der Waals surface area contributed by atoms with E-state index >= 15 is 0 Å². The predicted molar refractivity (Wildman–Crippen MR) is 80.2 cm³/mol. The van der Waals surface area contributed by atoms with Crippen molar-refractivity contribution >= 4 is 11.6 Å². The number of hydrogen-bond donors (Lipinski definition) is 1. The second-order valence-corrected chi connectivity index (χ2v) is 6.28. The number of aromatic nitrogens is 4. The number of hydrogen-bond acceptors (Lipinski definition) is 4. The summed E-state index contributed by atoms with van der Waals surface area (Å²) < 4.78 is 1.67. The minimum absolute atomic E-state index is 0.0603. The molecule has 5 nitrogen and oxygen atoms in total. The van der Waals surface area contributed by atoms with Crippen molar-refractivity contribution in [3.8, 4) is 5.82 Å². The number of aryl methyl sites for hydroxylation is 2. The van der Waals surface area contributed by atoms with E-state index in [-0.39, 0.29) is 5.54 Å². The molecule has 0 aliphatic carbocycles. The molecule has 0 bridgehead atoms. The third-order valence-corrected chi connectivity index (χ3v) is 3.05. The Labute approximate surface area is 124 Å². The fraction of sp³-hybridized carbons (Fsp3) is 0.500. The van der Waals surface area contributed by atoms with Gasteiger partial charge in [0, 0.05) is 18.3 Å². The van der Waals surface area contributed by atoms with Gasteiger partial charge in [-0.1, -0.05) is 11.6 Å². The molecule has 0 radical (unpaired) electrons. The van der Waals surface area contributed by atoms with Crippen LogP contribution in [0, 0.1) is 13.8 Å². The molecule has 0 spiro atoms.